The van der Waals surface area contributed by atoms with Gasteiger partial charge in [-0.3, -0.25) is 9.10 Å². The van der Waals surface area contributed by atoms with Crippen LogP contribution in [0, 0.1) is 13.8 Å². The van der Waals surface area contributed by atoms with Gasteiger partial charge in [0.05, 0.1) is 32.7 Å². The van der Waals surface area contributed by atoms with Crippen molar-refractivity contribution in [3.63, 3.8) is 0 Å². The number of carbonyl (C=O) groups excluding carboxylic acids is 1. The maximum atomic E-state index is 12.4. The molecule has 0 aliphatic carbocycles. The highest BCUT2D eigenvalue weighted by Gasteiger charge is 2.24. The zero-order valence-electron chi connectivity index (χ0n) is 17.9. The molecule has 0 bridgehead atoms. The first kappa shape index (κ1) is 23.3. The number of hydrogen-bond acceptors (Lipinski definition) is 6. The summed E-state index contributed by atoms with van der Waals surface area (Å²) in [4.78, 5) is 12.4. The molecular weight excluding hydrogens is 408 g/mol. The van der Waals surface area contributed by atoms with Crippen LogP contribution in [0.1, 0.15) is 11.1 Å². The number of anilines is 1. The van der Waals surface area contributed by atoms with Crippen molar-refractivity contribution < 1.29 is 27.4 Å². The van der Waals surface area contributed by atoms with Crippen LogP contribution in [0.15, 0.2) is 36.4 Å². The molecule has 2 rings (SSSR count). The molecule has 9 heteroatoms. The van der Waals surface area contributed by atoms with Gasteiger partial charge in [-0.1, -0.05) is 6.07 Å². The van der Waals surface area contributed by atoms with Gasteiger partial charge in [0.2, 0.25) is 15.9 Å². The van der Waals surface area contributed by atoms with Crippen molar-refractivity contribution in [2.24, 2.45) is 0 Å². The number of ether oxygens (including phenoxy) is 3. The molecule has 0 saturated heterocycles. The standard InChI is InChI=1S/C21H28N2O6S/c1-15-10-16(2)12-18(11-15)29-9-8-22-21(24)14-23(30(5,25)26)19-7-6-17(27-3)13-20(19)28-4/h6-7,10-13H,8-9,14H2,1-5H3,(H,22,24). The summed E-state index contributed by atoms with van der Waals surface area (Å²) in [7, 11) is -0.812. The van der Waals surface area contributed by atoms with E-state index in [1.54, 1.807) is 12.1 Å². The lowest BCUT2D eigenvalue weighted by molar-refractivity contribution is -0.119. The van der Waals surface area contributed by atoms with Gasteiger partial charge in [-0.25, -0.2) is 8.42 Å². The lowest BCUT2D eigenvalue weighted by Gasteiger charge is -2.24. The summed E-state index contributed by atoms with van der Waals surface area (Å²) in [5.41, 5.74) is 2.43. The molecule has 0 saturated carbocycles. The van der Waals surface area contributed by atoms with E-state index in [2.05, 4.69) is 5.32 Å². The Labute approximate surface area is 177 Å². The van der Waals surface area contributed by atoms with Crippen LogP contribution in [-0.2, 0) is 14.8 Å². The summed E-state index contributed by atoms with van der Waals surface area (Å²) in [5.74, 6) is 1.06. The number of methoxy groups -OCH3 is 2. The van der Waals surface area contributed by atoms with E-state index in [4.69, 9.17) is 14.2 Å². The maximum Gasteiger partial charge on any atom is 0.240 e. The Hall–Kier alpha value is -2.94. The largest absolute Gasteiger partial charge is 0.497 e. The van der Waals surface area contributed by atoms with Crippen LogP contribution in [0.5, 0.6) is 17.2 Å². The zero-order chi connectivity index (χ0) is 22.3. The van der Waals surface area contributed by atoms with E-state index in [1.165, 1.54) is 20.3 Å². The number of sulfonamides is 1. The molecule has 0 aromatic heterocycles. The molecule has 1 amide bonds. The molecule has 0 unspecified atom stereocenters. The second kappa shape index (κ2) is 10.2. The highest BCUT2D eigenvalue weighted by atomic mass is 32.2. The van der Waals surface area contributed by atoms with Crippen molar-refractivity contribution in [2.75, 3.05) is 44.5 Å². The Bertz CT molecular complexity index is 971. The maximum absolute atomic E-state index is 12.4. The van der Waals surface area contributed by atoms with Crippen LogP contribution in [-0.4, -0.2) is 54.5 Å². The van der Waals surface area contributed by atoms with Crippen LogP contribution in [0.25, 0.3) is 0 Å². The predicted molar refractivity (Wildman–Crippen MR) is 116 cm³/mol. The first-order valence-electron chi connectivity index (χ1n) is 9.31. The second-order valence-corrected chi connectivity index (χ2v) is 8.74. The summed E-state index contributed by atoms with van der Waals surface area (Å²) in [6.07, 6.45) is 1.03. The highest BCUT2D eigenvalue weighted by Crippen LogP contribution is 2.33. The third-order valence-electron chi connectivity index (χ3n) is 4.23. The first-order valence-corrected chi connectivity index (χ1v) is 11.2. The van der Waals surface area contributed by atoms with E-state index in [-0.39, 0.29) is 31.1 Å². The Kier molecular flexibility index (Phi) is 7.93. The normalized spacial score (nSPS) is 11.0. The molecule has 0 radical (unpaired) electrons. The van der Waals surface area contributed by atoms with Crippen LogP contribution < -0.4 is 23.8 Å². The van der Waals surface area contributed by atoms with Gasteiger partial charge in [-0.2, -0.15) is 0 Å². The first-order chi connectivity index (χ1) is 14.1. The molecule has 0 atom stereocenters. The van der Waals surface area contributed by atoms with E-state index in [9.17, 15) is 13.2 Å². The number of nitrogens with one attached hydrogen (secondary N) is 1. The highest BCUT2D eigenvalue weighted by molar-refractivity contribution is 7.92. The van der Waals surface area contributed by atoms with E-state index < -0.39 is 15.9 Å². The van der Waals surface area contributed by atoms with Crippen molar-refractivity contribution in [1.82, 2.24) is 5.32 Å². The summed E-state index contributed by atoms with van der Waals surface area (Å²) < 4.78 is 41.7. The fourth-order valence-electron chi connectivity index (χ4n) is 2.93. The SMILES string of the molecule is COc1ccc(N(CC(=O)NCCOc2cc(C)cc(C)c2)S(C)(=O)=O)c(OC)c1. The van der Waals surface area contributed by atoms with E-state index in [1.807, 2.05) is 32.0 Å². The molecule has 8 nitrogen and oxygen atoms in total. The van der Waals surface area contributed by atoms with Gasteiger partial charge in [-0.05, 0) is 49.2 Å². The van der Waals surface area contributed by atoms with Gasteiger partial charge in [0.1, 0.15) is 30.4 Å². The molecule has 0 spiro atoms. The van der Waals surface area contributed by atoms with Crippen molar-refractivity contribution in [3.8, 4) is 17.2 Å². The van der Waals surface area contributed by atoms with E-state index in [0.717, 1.165) is 27.4 Å². The predicted octanol–water partition coefficient (Wildman–Crippen LogP) is 2.28. The van der Waals surface area contributed by atoms with Crippen molar-refractivity contribution >= 4 is 21.6 Å². The Balaban J connectivity index is 2.01. The second-order valence-electron chi connectivity index (χ2n) is 6.83. The summed E-state index contributed by atoms with van der Waals surface area (Å²) >= 11 is 0. The monoisotopic (exact) mass is 436 g/mol. The smallest absolute Gasteiger partial charge is 0.240 e. The summed E-state index contributed by atoms with van der Waals surface area (Å²) in [5, 5.41) is 2.68. The number of carbonyl (C=O) groups is 1. The zero-order valence-corrected chi connectivity index (χ0v) is 18.7. The van der Waals surface area contributed by atoms with Crippen molar-refractivity contribution in [2.45, 2.75) is 13.8 Å². The Morgan fingerprint density at radius 1 is 1.00 bits per heavy atom. The molecule has 0 fully saturated rings. The number of nitrogens with zero attached hydrogens (tertiary/aromatic N) is 1. The molecule has 164 valence electrons. The lowest BCUT2D eigenvalue weighted by Crippen LogP contribution is -2.41. The fourth-order valence-corrected chi connectivity index (χ4v) is 3.79. The van der Waals surface area contributed by atoms with Gasteiger partial charge < -0.3 is 19.5 Å². The van der Waals surface area contributed by atoms with Crippen LogP contribution in [0.4, 0.5) is 5.69 Å². The van der Waals surface area contributed by atoms with Gasteiger partial charge in [0, 0.05) is 6.07 Å². The minimum atomic E-state index is -3.73. The molecule has 0 aliphatic heterocycles. The topological polar surface area (TPSA) is 94.2 Å². The third-order valence-corrected chi connectivity index (χ3v) is 5.36. The number of amides is 1. The molecule has 0 heterocycles. The van der Waals surface area contributed by atoms with Gasteiger partial charge in [0.25, 0.3) is 0 Å². The number of benzene rings is 2. The molecular formula is C21H28N2O6S. The Morgan fingerprint density at radius 3 is 2.23 bits per heavy atom. The van der Waals surface area contributed by atoms with Crippen LogP contribution in [0.3, 0.4) is 0 Å². The number of aryl methyl sites for hydroxylation is 2. The summed E-state index contributed by atoms with van der Waals surface area (Å²) in [6, 6.07) is 10.6. The van der Waals surface area contributed by atoms with Crippen molar-refractivity contribution in [3.05, 3.63) is 47.5 Å². The van der Waals surface area contributed by atoms with Crippen LogP contribution in [0.2, 0.25) is 0 Å². The number of rotatable bonds is 10. The molecule has 1 N–H and O–H groups in total. The quantitative estimate of drug-likeness (QED) is 0.575. The Morgan fingerprint density at radius 2 is 1.67 bits per heavy atom. The van der Waals surface area contributed by atoms with Crippen molar-refractivity contribution in [1.29, 1.82) is 0 Å². The average molecular weight is 437 g/mol. The number of hydrogen-bond donors (Lipinski definition) is 1. The van der Waals surface area contributed by atoms with Gasteiger partial charge >= 0.3 is 0 Å². The average Bonchev–Trinajstić information content (AvgIpc) is 2.67. The minimum absolute atomic E-state index is 0.239. The minimum Gasteiger partial charge on any atom is -0.497 e. The van der Waals surface area contributed by atoms with Gasteiger partial charge in [-0.15, -0.1) is 0 Å². The summed E-state index contributed by atoms with van der Waals surface area (Å²) in [6.45, 7) is 4.08. The molecule has 0 aliphatic rings. The fraction of sp³-hybridized carbons (Fsp3) is 0.381. The lowest BCUT2D eigenvalue weighted by atomic mass is 10.1. The molecule has 2 aromatic carbocycles. The van der Waals surface area contributed by atoms with Crippen LogP contribution >= 0.6 is 0 Å². The van der Waals surface area contributed by atoms with E-state index >= 15 is 0 Å². The van der Waals surface area contributed by atoms with Gasteiger partial charge in [0.15, 0.2) is 0 Å². The van der Waals surface area contributed by atoms with E-state index in [0.29, 0.717) is 5.75 Å². The molecule has 2 aromatic rings. The third kappa shape index (κ3) is 6.55. The molecule has 30 heavy (non-hydrogen) atoms.